The van der Waals surface area contributed by atoms with Crippen molar-refractivity contribution in [1.29, 1.82) is 0 Å². The Hall–Kier alpha value is -1.40. The van der Waals surface area contributed by atoms with Gasteiger partial charge in [0.25, 0.3) is 0 Å². The molecule has 168 valence electrons. The fraction of sp³-hybridized carbons (Fsp3) is 0.391. The molecule has 2 aromatic rings. The molecule has 0 heterocycles. The molecule has 0 aliphatic heterocycles. The van der Waals surface area contributed by atoms with E-state index in [4.69, 9.17) is 34.8 Å². The van der Waals surface area contributed by atoms with Gasteiger partial charge in [0, 0.05) is 33.4 Å². The lowest BCUT2D eigenvalue weighted by Crippen LogP contribution is -2.51. The first-order chi connectivity index (χ1) is 14.7. The molecule has 0 saturated carbocycles. The van der Waals surface area contributed by atoms with Gasteiger partial charge in [-0.15, -0.1) is 11.8 Å². The molecule has 0 bridgehead atoms. The van der Waals surface area contributed by atoms with E-state index >= 15 is 0 Å². The number of nitrogens with zero attached hydrogens (tertiary/aromatic N) is 1. The van der Waals surface area contributed by atoms with E-state index in [1.807, 2.05) is 45.0 Å². The number of rotatable bonds is 10. The van der Waals surface area contributed by atoms with Gasteiger partial charge < -0.3 is 10.2 Å². The van der Waals surface area contributed by atoms with E-state index in [-0.39, 0.29) is 30.2 Å². The Morgan fingerprint density at radius 1 is 1.03 bits per heavy atom. The molecule has 0 fully saturated rings. The molecule has 0 radical (unpaired) electrons. The summed E-state index contributed by atoms with van der Waals surface area (Å²) < 4.78 is 0. The Morgan fingerprint density at radius 3 is 2.35 bits per heavy atom. The average Bonchev–Trinajstić information content (AvgIpc) is 2.70. The van der Waals surface area contributed by atoms with Crippen LogP contribution >= 0.6 is 46.6 Å². The number of hydrogen-bond donors (Lipinski definition) is 1. The monoisotopic (exact) mass is 500 g/mol. The van der Waals surface area contributed by atoms with E-state index in [9.17, 15) is 9.59 Å². The Bertz CT molecular complexity index is 908. The minimum Gasteiger partial charge on any atom is -0.352 e. The Morgan fingerprint density at radius 2 is 1.74 bits per heavy atom. The standard InChI is InChI=1S/C23H27Cl3N2O2S/c1-4-21(23(30)27-15(2)3)28(12-16-9-10-18(24)11-20(16)26)22(29)14-31-13-17-7-5-6-8-19(17)25/h5-11,15,21H,4,12-14H2,1-3H3,(H,27,30)/t21-/m0/s1. The molecule has 0 spiro atoms. The quantitative estimate of drug-likeness (QED) is 0.421. The first-order valence-corrected chi connectivity index (χ1v) is 12.4. The van der Waals surface area contributed by atoms with Crippen molar-refractivity contribution in [1.82, 2.24) is 10.2 Å². The van der Waals surface area contributed by atoms with Crippen molar-refractivity contribution in [2.24, 2.45) is 0 Å². The highest BCUT2D eigenvalue weighted by Gasteiger charge is 2.29. The Kier molecular flexibility index (Phi) is 10.5. The molecule has 8 heteroatoms. The SMILES string of the molecule is CC[C@@H](C(=O)NC(C)C)N(Cc1ccc(Cl)cc1Cl)C(=O)CSCc1ccccc1Cl. The minimum atomic E-state index is -0.595. The number of hydrogen-bond acceptors (Lipinski definition) is 3. The van der Waals surface area contributed by atoms with Crippen LogP contribution in [0.2, 0.25) is 15.1 Å². The van der Waals surface area contributed by atoms with E-state index in [1.165, 1.54) is 11.8 Å². The van der Waals surface area contributed by atoms with Crippen molar-refractivity contribution >= 4 is 58.4 Å². The average molecular weight is 502 g/mol. The number of halogens is 3. The number of carbonyl (C=O) groups excluding carboxylic acids is 2. The normalized spacial score (nSPS) is 12.0. The molecule has 2 rings (SSSR count). The first kappa shape index (κ1) is 25.9. The van der Waals surface area contributed by atoms with Crippen molar-refractivity contribution < 1.29 is 9.59 Å². The second kappa shape index (κ2) is 12.6. The number of amides is 2. The molecule has 0 saturated heterocycles. The van der Waals surface area contributed by atoms with E-state index in [0.29, 0.717) is 27.2 Å². The van der Waals surface area contributed by atoms with Crippen LogP contribution in [-0.4, -0.2) is 34.6 Å². The maximum absolute atomic E-state index is 13.2. The Balaban J connectivity index is 2.19. The summed E-state index contributed by atoms with van der Waals surface area (Å²) in [5, 5.41) is 4.58. The summed E-state index contributed by atoms with van der Waals surface area (Å²) in [5.74, 6) is 0.526. The second-order valence-corrected chi connectivity index (χ2v) is 9.67. The third-order valence-electron chi connectivity index (χ3n) is 4.61. The third kappa shape index (κ3) is 7.90. The molecule has 0 aliphatic rings. The molecular formula is C23H27Cl3N2O2S. The third-order valence-corrected chi connectivity index (χ3v) is 6.54. The topological polar surface area (TPSA) is 49.4 Å². The predicted molar refractivity (Wildman–Crippen MR) is 132 cm³/mol. The van der Waals surface area contributed by atoms with Crippen LogP contribution in [0.4, 0.5) is 0 Å². The number of carbonyl (C=O) groups is 2. The van der Waals surface area contributed by atoms with Crippen LogP contribution in [0.25, 0.3) is 0 Å². The van der Waals surface area contributed by atoms with Crippen molar-refractivity contribution in [2.75, 3.05) is 5.75 Å². The van der Waals surface area contributed by atoms with Crippen LogP contribution in [0.1, 0.15) is 38.3 Å². The second-order valence-electron chi connectivity index (χ2n) is 7.43. The van der Waals surface area contributed by atoms with Crippen molar-refractivity contribution in [3.05, 3.63) is 68.7 Å². The van der Waals surface area contributed by atoms with E-state index < -0.39 is 6.04 Å². The van der Waals surface area contributed by atoms with Gasteiger partial charge in [-0.25, -0.2) is 0 Å². The fourth-order valence-electron chi connectivity index (χ4n) is 3.08. The summed E-state index contributed by atoms with van der Waals surface area (Å²) in [7, 11) is 0. The van der Waals surface area contributed by atoms with Gasteiger partial charge in [-0.1, -0.05) is 66.0 Å². The molecule has 4 nitrogen and oxygen atoms in total. The molecule has 0 aliphatic carbocycles. The van der Waals surface area contributed by atoms with Crippen LogP contribution in [0.15, 0.2) is 42.5 Å². The zero-order valence-corrected chi connectivity index (χ0v) is 20.9. The summed E-state index contributed by atoms with van der Waals surface area (Å²) in [5.41, 5.74) is 1.71. The summed E-state index contributed by atoms with van der Waals surface area (Å²) >= 11 is 20.0. The maximum atomic E-state index is 13.2. The lowest BCUT2D eigenvalue weighted by molar-refractivity contribution is -0.139. The van der Waals surface area contributed by atoms with Gasteiger partial charge in [-0.3, -0.25) is 9.59 Å². The summed E-state index contributed by atoms with van der Waals surface area (Å²) in [6.07, 6.45) is 0.491. The van der Waals surface area contributed by atoms with Gasteiger partial charge >= 0.3 is 0 Å². The first-order valence-electron chi connectivity index (χ1n) is 10.1. The lowest BCUT2D eigenvalue weighted by atomic mass is 10.1. The van der Waals surface area contributed by atoms with Crippen molar-refractivity contribution in [2.45, 2.75) is 51.6 Å². The van der Waals surface area contributed by atoms with Gasteiger partial charge in [0.05, 0.1) is 5.75 Å². The smallest absolute Gasteiger partial charge is 0.243 e. The van der Waals surface area contributed by atoms with Crippen molar-refractivity contribution in [3.63, 3.8) is 0 Å². The zero-order chi connectivity index (χ0) is 23.0. The molecule has 2 amide bonds. The van der Waals surface area contributed by atoms with E-state index in [2.05, 4.69) is 5.32 Å². The largest absolute Gasteiger partial charge is 0.352 e. The number of nitrogens with one attached hydrogen (secondary N) is 1. The van der Waals surface area contributed by atoms with Crippen LogP contribution in [-0.2, 0) is 21.9 Å². The maximum Gasteiger partial charge on any atom is 0.243 e. The highest BCUT2D eigenvalue weighted by molar-refractivity contribution is 7.99. The predicted octanol–water partition coefficient (Wildman–Crippen LogP) is 6.21. The fourth-order valence-corrected chi connectivity index (χ4v) is 4.74. The lowest BCUT2D eigenvalue weighted by Gasteiger charge is -2.31. The minimum absolute atomic E-state index is 0.0211. The van der Waals surface area contributed by atoms with Crippen LogP contribution in [0.5, 0.6) is 0 Å². The highest BCUT2D eigenvalue weighted by Crippen LogP contribution is 2.25. The summed E-state index contributed by atoms with van der Waals surface area (Å²) in [6.45, 7) is 5.91. The molecular weight excluding hydrogens is 475 g/mol. The highest BCUT2D eigenvalue weighted by atomic mass is 35.5. The molecule has 31 heavy (non-hydrogen) atoms. The van der Waals surface area contributed by atoms with E-state index in [0.717, 1.165) is 11.1 Å². The van der Waals surface area contributed by atoms with Crippen LogP contribution in [0.3, 0.4) is 0 Å². The van der Waals surface area contributed by atoms with Gasteiger partial charge in [-0.05, 0) is 49.6 Å². The van der Waals surface area contributed by atoms with Gasteiger partial charge in [0.1, 0.15) is 6.04 Å². The van der Waals surface area contributed by atoms with Gasteiger partial charge in [0.2, 0.25) is 11.8 Å². The number of benzene rings is 2. The Labute approximate surface area is 203 Å². The molecule has 2 aromatic carbocycles. The van der Waals surface area contributed by atoms with Crippen LogP contribution < -0.4 is 5.32 Å². The molecule has 0 aromatic heterocycles. The summed E-state index contributed by atoms with van der Waals surface area (Å²) in [6, 6.07) is 12.1. The van der Waals surface area contributed by atoms with Crippen molar-refractivity contribution in [3.8, 4) is 0 Å². The number of thioether (sulfide) groups is 1. The molecule has 0 unspecified atom stereocenters. The van der Waals surface area contributed by atoms with Gasteiger partial charge in [-0.2, -0.15) is 0 Å². The van der Waals surface area contributed by atoms with E-state index in [1.54, 1.807) is 23.1 Å². The zero-order valence-electron chi connectivity index (χ0n) is 17.8. The molecule has 1 N–H and O–H groups in total. The van der Waals surface area contributed by atoms with Crippen LogP contribution in [0, 0.1) is 0 Å². The van der Waals surface area contributed by atoms with Gasteiger partial charge in [0.15, 0.2) is 0 Å². The molecule has 1 atom stereocenters. The summed E-state index contributed by atoms with van der Waals surface area (Å²) in [4.78, 5) is 27.6.